The highest BCUT2D eigenvalue weighted by atomic mass is 32.2. The fourth-order valence-electron chi connectivity index (χ4n) is 1.36. The SMILES string of the molecule is O=C(C=C1SC(=O)NC1=O)NNC(=O)c1ccccc1. The van der Waals surface area contributed by atoms with Gasteiger partial charge in [0.1, 0.15) is 0 Å². The van der Waals surface area contributed by atoms with Crippen LogP contribution in [0.15, 0.2) is 41.3 Å². The number of amides is 4. The van der Waals surface area contributed by atoms with Crippen LogP contribution in [0.4, 0.5) is 4.79 Å². The zero-order valence-corrected chi connectivity index (χ0v) is 10.8. The van der Waals surface area contributed by atoms with Crippen LogP contribution >= 0.6 is 11.8 Å². The molecule has 3 N–H and O–H groups in total. The van der Waals surface area contributed by atoms with E-state index < -0.39 is 23.0 Å². The van der Waals surface area contributed by atoms with E-state index in [1.807, 2.05) is 5.32 Å². The minimum absolute atomic E-state index is 0.0264. The summed E-state index contributed by atoms with van der Waals surface area (Å²) in [5.41, 5.74) is 4.69. The van der Waals surface area contributed by atoms with Gasteiger partial charge in [0.25, 0.3) is 23.0 Å². The molecule has 2 rings (SSSR count). The van der Waals surface area contributed by atoms with Gasteiger partial charge in [-0.15, -0.1) is 0 Å². The van der Waals surface area contributed by atoms with Crippen molar-refractivity contribution in [3.63, 3.8) is 0 Å². The molecule has 1 aliphatic heterocycles. The quantitative estimate of drug-likeness (QED) is 0.537. The van der Waals surface area contributed by atoms with Crippen molar-refractivity contribution in [3.8, 4) is 0 Å². The summed E-state index contributed by atoms with van der Waals surface area (Å²) in [5, 5.41) is 1.47. The molecule has 4 amide bonds. The number of rotatable bonds is 2. The molecule has 7 nitrogen and oxygen atoms in total. The maximum atomic E-state index is 11.6. The van der Waals surface area contributed by atoms with Crippen LogP contribution in [0.3, 0.4) is 0 Å². The van der Waals surface area contributed by atoms with Crippen molar-refractivity contribution in [3.05, 3.63) is 46.9 Å². The molecule has 8 heteroatoms. The number of carbonyl (C=O) groups excluding carboxylic acids is 4. The second kappa shape index (κ2) is 6.02. The van der Waals surface area contributed by atoms with E-state index >= 15 is 0 Å². The molecule has 0 atom stereocenters. The first-order valence-corrected chi connectivity index (χ1v) is 6.28. The van der Waals surface area contributed by atoms with Crippen molar-refractivity contribution in [2.45, 2.75) is 0 Å². The summed E-state index contributed by atoms with van der Waals surface area (Å²) < 4.78 is 0. The first kappa shape index (κ1) is 13.8. The van der Waals surface area contributed by atoms with Gasteiger partial charge in [0.05, 0.1) is 4.91 Å². The Morgan fingerprint density at radius 1 is 1.10 bits per heavy atom. The second-order valence-electron chi connectivity index (χ2n) is 3.66. The summed E-state index contributed by atoms with van der Waals surface area (Å²) in [6, 6.07) is 8.29. The fourth-order valence-corrected chi connectivity index (χ4v) is 2.01. The van der Waals surface area contributed by atoms with Crippen molar-refractivity contribution in [2.24, 2.45) is 0 Å². The lowest BCUT2D eigenvalue weighted by Crippen LogP contribution is -2.41. The van der Waals surface area contributed by atoms with Crippen molar-refractivity contribution in [1.29, 1.82) is 0 Å². The molecule has 1 aromatic carbocycles. The van der Waals surface area contributed by atoms with Crippen molar-refractivity contribution in [2.75, 3.05) is 0 Å². The highest BCUT2D eigenvalue weighted by molar-refractivity contribution is 8.18. The van der Waals surface area contributed by atoms with E-state index in [0.29, 0.717) is 17.3 Å². The number of hydrogen-bond donors (Lipinski definition) is 3. The zero-order valence-electron chi connectivity index (χ0n) is 10.0. The molecule has 0 unspecified atom stereocenters. The molecule has 1 aliphatic rings. The summed E-state index contributed by atoms with van der Waals surface area (Å²) >= 11 is 0.621. The van der Waals surface area contributed by atoms with Gasteiger partial charge in [0, 0.05) is 11.6 Å². The van der Waals surface area contributed by atoms with Gasteiger partial charge in [-0.2, -0.15) is 0 Å². The Morgan fingerprint density at radius 2 is 1.80 bits per heavy atom. The molecule has 0 radical (unpaired) electrons. The van der Waals surface area contributed by atoms with E-state index in [0.717, 1.165) is 6.08 Å². The predicted molar refractivity (Wildman–Crippen MR) is 71.3 cm³/mol. The zero-order chi connectivity index (χ0) is 14.5. The Labute approximate surface area is 117 Å². The smallest absolute Gasteiger partial charge is 0.282 e. The summed E-state index contributed by atoms with van der Waals surface area (Å²) in [6.07, 6.45) is 0.941. The summed E-state index contributed by atoms with van der Waals surface area (Å²) in [6.45, 7) is 0. The molecule has 1 fully saturated rings. The van der Waals surface area contributed by atoms with Crippen LogP contribution in [0.25, 0.3) is 0 Å². The van der Waals surface area contributed by atoms with Gasteiger partial charge in [0.15, 0.2) is 0 Å². The third-order valence-corrected chi connectivity index (χ3v) is 3.05. The number of imide groups is 1. The van der Waals surface area contributed by atoms with E-state index in [-0.39, 0.29) is 4.91 Å². The van der Waals surface area contributed by atoms with Crippen LogP contribution < -0.4 is 16.2 Å². The minimum atomic E-state index is -0.707. The summed E-state index contributed by atoms with van der Waals surface area (Å²) in [7, 11) is 0. The predicted octanol–water partition coefficient (Wildman–Crippen LogP) is 0.314. The molecule has 0 aromatic heterocycles. The van der Waals surface area contributed by atoms with E-state index in [2.05, 4.69) is 10.9 Å². The third-order valence-electron chi connectivity index (χ3n) is 2.24. The van der Waals surface area contributed by atoms with Crippen LogP contribution in [-0.4, -0.2) is 23.0 Å². The highest BCUT2D eigenvalue weighted by Gasteiger charge is 2.25. The lowest BCUT2D eigenvalue weighted by molar-refractivity contribution is -0.118. The Hall–Kier alpha value is -2.61. The average molecular weight is 291 g/mol. The maximum absolute atomic E-state index is 11.6. The normalized spacial score (nSPS) is 15.9. The van der Waals surface area contributed by atoms with E-state index in [9.17, 15) is 19.2 Å². The van der Waals surface area contributed by atoms with Crippen LogP contribution in [0.2, 0.25) is 0 Å². The van der Waals surface area contributed by atoms with Gasteiger partial charge in [-0.1, -0.05) is 18.2 Å². The van der Waals surface area contributed by atoms with Gasteiger partial charge in [-0.05, 0) is 23.9 Å². The molecule has 0 saturated carbocycles. The second-order valence-corrected chi connectivity index (χ2v) is 4.68. The highest BCUT2D eigenvalue weighted by Crippen LogP contribution is 2.22. The maximum Gasteiger partial charge on any atom is 0.290 e. The monoisotopic (exact) mass is 291 g/mol. The molecule has 1 saturated heterocycles. The van der Waals surface area contributed by atoms with Crippen LogP contribution in [0, 0.1) is 0 Å². The molecule has 20 heavy (non-hydrogen) atoms. The van der Waals surface area contributed by atoms with Gasteiger partial charge < -0.3 is 0 Å². The van der Waals surface area contributed by atoms with E-state index in [1.165, 1.54) is 0 Å². The number of thioether (sulfide) groups is 1. The van der Waals surface area contributed by atoms with Gasteiger partial charge in [-0.3, -0.25) is 35.3 Å². The number of carbonyl (C=O) groups is 4. The first-order chi connectivity index (χ1) is 9.56. The van der Waals surface area contributed by atoms with E-state index in [4.69, 9.17) is 0 Å². The molecule has 0 aliphatic carbocycles. The van der Waals surface area contributed by atoms with Gasteiger partial charge >= 0.3 is 0 Å². The fraction of sp³-hybridized carbons (Fsp3) is 0. The molecular weight excluding hydrogens is 282 g/mol. The third kappa shape index (κ3) is 3.45. The van der Waals surface area contributed by atoms with Gasteiger partial charge in [-0.25, -0.2) is 0 Å². The first-order valence-electron chi connectivity index (χ1n) is 5.46. The lowest BCUT2D eigenvalue weighted by Gasteiger charge is -2.04. The average Bonchev–Trinajstić information content (AvgIpc) is 2.75. The number of hydrogen-bond acceptors (Lipinski definition) is 5. The topological polar surface area (TPSA) is 104 Å². The van der Waals surface area contributed by atoms with E-state index in [1.54, 1.807) is 30.3 Å². The van der Waals surface area contributed by atoms with Crippen molar-refractivity contribution < 1.29 is 19.2 Å². The summed E-state index contributed by atoms with van der Waals surface area (Å²) in [5.74, 6) is -1.83. The van der Waals surface area contributed by atoms with Crippen molar-refractivity contribution >= 4 is 34.7 Å². The lowest BCUT2D eigenvalue weighted by atomic mass is 10.2. The van der Waals surface area contributed by atoms with Gasteiger partial charge in [0.2, 0.25) is 0 Å². The molecule has 1 aromatic rings. The number of nitrogens with one attached hydrogen (secondary N) is 3. The Morgan fingerprint density at radius 3 is 2.40 bits per heavy atom. The van der Waals surface area contributed by atoms with Crippen LogP contribution in [0.1, 0.15) is 10.4 Å². The standard InChI is InChI=1S/C12H9N3O4S/c16-9(6-8-11(18)13-12(19)20-8)14-15-10(17)7-4-2-1-3-5-7/h1-6H,(H,14,16)(H,15,17)(H,13,18,19). The molecule has 102 valence electrons. The largest absolute Gasteiger partial charge is 0.290 e. The number of hydrazine groups is 1. The van der Waals surface area contributed by atoms with Crippen LogP contribution in [-0.2, 0) is 9.59 Å². The molecule has 1 heterocycles. The van der Waals surface area contributed by atoms with Crippen LogP contribution in [0.5, 0.6) is 0 Å². The minimum Gasteiger partial charge on any atom is -0.282 e. The summed E-state index contributed by atoms with van der Waals surface area (Å²) in [4.78, 5) is 45.1. The molecule has 0 spiro atoms. The Bertz CT molecular complexity index is 612. The number of benzene rings is 1. The molecular formula is C12H9N3O4S. The Balaban J connectivity index is 1.90. The van der Waals surface area contributed by atoms with Crippen molar-refractivity contribution in [1.82, 2.24) is 16.2 Å². The molecule has 0 bridgehead atoms. The Kier molecular flexibility index (Phi) is 4.16.